The Labute approximate surface area is 209 Å². The standard InChI is InChI=1S/C26H30N4O4S/c1-17-24(35-16-29-17)19-8-6-18(7-9-19)14-28-26(32)23-13-21(31)15-30(23)25(27)20-4-3-5-22(12-20)34-11-10-33-2/h3-9,12,16,21,23,27,31H,10-11,13-15H2,1-2H3,(H,28,32). The molecule has 2 unspecified atom stereocenters. The minimum absolute atomic E-state index is 0.183. The molecule has 184 valence electrons. The SMILES string of the molecule is COCCOc1cccc(C(=N)N2CC(O)CC2C(=O)NCc2ccc(-c3scnc3C)cc2)c1. The quantitative estimate of drug-likeness (QED) is 0.240. The lowest BCUT2D eigenvalue weighted by molar-refractivity contribution is -0.124. The first-order valence-electron chi connectivity index (χ1n) is 11.5. The maximum Gasteiger partial charge on any atom is 0.243 e. The van der Waals surface area contributed by atoms with Gasteiger partial charge in [-0.2, -0.15) is 0 Å². The fourth-order valence-electron chi connectivity index (χ4n) is 4.11. The second-order valence-corrected chi connectivity index (χ2v) is 9.31. The summed E-state index contributed by atoms with van der Waals surface area (Å²) in [5.74, 6) is 0.603. The number of rotatable bonds is 9. The second kappa shape index (κ2) is 11.4. The van der Waals surface area contributed by atoms with Crippen molar-refractivity contribution in [3.8, 4) is 16.2 Å². The number of nitrogens with one attached hydrogen (secondary N) is 2. The number of hydrogen-bond acceptors (Lipinski definition) is 7. The summed E-state index contributed by atoms with van der Waals surface area (Å²) in [6.45, 7) is 3.47. The van der Waals surface area contributed by atoms with Crippen molar-refractivity contribution in [3.05, 3.63) is 70.9 Å². The molecular formula is C26H30N4O4S. The molecule has 0 radical (unpaired) electrons. The van der Waals surface area contributed by atoms with Gasteiger partial charge in [0, 0.05) is 32.2 Å². The number of amidine groups is 1. The summed E-state index contributed by atoms with van der Waals surface area (Å²) >= 11 is 1.61. The van der Waals surface area contributed by atoms with Gasteiger partial charge in [0.15, 0.2) is 0 Å². The molecule has 0 aliphatic carbocycles. The van der Waals surface area contributed by atoms with E-state index in [1.165, 1.54) is 0 Å². The van der Waals surface area contributed by atoms with Gasteiger partial charge in [-0.25, -0.2) is 4.98 Å². The number of aliphatic hydroxyl groups excluding tert-OH is 1. The van der Waals surface area contributed by atoms with E-state index < -0.39 is 12.1 Å². The predicted molar refractivity (Wildman–Crippen MR) is 136 cm³/mol. The number of thiazole rings is 1. The van der Waals surface area contributed by atoms with Crippen LogP contribution in [0.5, 0.6) is 5.75 Å². The Kier molecular flexibility index (Phi) is 8.12. The van der Waals surface area contributed by atoms with Crippen molar-refractivity contribution >= 4 is 23.1 Å². The number of carbonyl (C=O) groups excluding carboxylic acids is 1. The summed E-state index contributed by atoms with van der Waals surface area (Å²) in [6.07, 6.45) is -0.392. The highest BCUT2D eigenvalue weighted by molar-refractivity contribution is 7.13. The smallest absolute Gasteiger partial charge is 0.243 e. The molecule has 1 saturated heterocycles. The molecule has 1 aliphatic heterocycles. The molecule has 2 atom stereocenters. The number of nitrogens with zero attached hydrogens (tertiary/aromatic N) is 2. The average Bonchev–Trinajstić information content (AvgIpc) is 3.48. The first-order chi connectivity index (χ1) is 17.0. The van der Waals surface area contributed by atoms with Crippen LogP contribution >= 0.6 is 11.3 Å². The van der Waals surface area contributed by atoms with Crippen LogP contribution in [0.3, 0.4) is 0 Å². The van der Waals surface area contributed by atoms with Crippen molar-refractivity contribution in [1.29, 1.82) is 5.41 Å². The van der Waals surface area contributed by atoms with Gasteiger partial charge in [0.2, 0.25) is 5.91 Å². The molecule has 3 aromatic rings. The third-order valence-electron chi connectivity index (χ3n) is 5.96. The van der Waals surface area contributed by atoms with E-state index in [2.05, 4.69) is 10.3 Å². The molecule has 3 N–H and O–H groups in total. The average molecular weight is 495 g/mol. The number of benzene rings is 2. The van der Waals surface area contributed by atoms with E-state index in [1.54, 1.807) is 35.5 Å². The van der Waals surface area contributed by atoms with Gasteiger partial charge >= 0.3 is 0 Å². The summed E-state index contributed by atoms with van der Waals surface area (Å²) in [5, 5.41) is 22.0. The number of carbonyl (C=O) groups is 1. The number of likely N-dealkylation sites (tertiary alicyclic amines) is 1. The zero-order valence-corrected chi connectivity index (χ0v) is 20.7. The molecule has 1 aromatic heterocycles. The van der Waals surface area contributed by atoms with Crippen molar-refractivity contribution in [3.63, 3.8) is 0 Å². The predicted octanol–water partition coefficient (Wildman–Crippen LogP) is 3.22. The third kappa shape index (κ3) is 6.05. The molecule has 1 amide bonds. The van der Waals surface area contributed by atoms with Crippen molar-refractivity contribution in [2.24, 2.45) is 0 Å². The Bertz CT molecular complexity index is 1160. The number of ether oxygens (including phenoxy) is 2. The second-order valence-electron chi connectivity index (χ2n) is 8.46. The maximum absolute atomic E-state index is 13.0. The zero-order chi connectivity index (χ0) is 24.8. The minimum atomic E-state index is -0.672. The molecule has 2 aromatic carbocycles. The Balaban J connectivity index is 1.38. The van der Waals surface area contributed by atoms with E-state index in [1.807, 2.05) is 48.8 Å². The van der Waals surface area contributed by atoms with E-state index in [9.17, 15) is 9.90 Å². The van der Waals surface area contributed by atoms with Crippen molar-refractivity contribution in [2.75, 3.05) is 26.9 Å². The van der Waals surface area contributed by atoms with E-state index in [-0.39, 0.29) is 24.7 Å². The van der Waals surface area contributed by atoms with Gasteiger partial charge in [-0.3, -0.25) is 10.2 Å². The van der Waals surface area contributed by atoms with Crippen LogP contribution in [0.1, 0.15) is 23.2 Å². The lowest BCUT2D eigenvalue weighted by atomic mass is 10.1. The van der Waals surface area contributed by atoms with E-state index in [0.29, 0.717) is 31.1 Å². The normalized spacial score (nSPS) is 17.4. The molecule has 9 heteroatoms. The molecule has 0 saturated carbocycles. The van der Waals surface area contributed by atoms with Crippen molar-refractivity contribution < 1.29 is 19.4 Å². The third-order valence-corrected chi connectivity index (χ3v) is 6.94. The highest BCUT2D eigenvalue weighted by Crippen LogP contribution is 2.27. The van der Waals surface area contributed by atoms with Gasteiger partial charge in [-0.15, -0.1) is 11.3 Å². The fourth-order valence-corrected chi connectivity index (χ4v) is 4.92. The summed E-state index contributed by atoms with van der Waals surface area (Å²) in [5.41, 5.74) is 5.55. The minimum Gasteiger partial charge on any atom is -0.491 e. The first kappa shape index (κ1) is 24.8. The number of hydrogen-bond donors (Lipinski definition) is 3. The number of aliphatic hydroxyl groups is 1. The molecule has 4 rings (SSSR count). The molecule has 8 nitrogen and oxygen atoms in total. The molecular weight excluding hydrogens is 464 g/mol. The highest BCUT2D eigenvalue weighted by atomic mass is 32.1. The molecule has 0 bridgehead atoms. The van der Waals surface area contributed by atoms with Gasteiger partial charge in [0.25, 0.3) is 0 Å². The van der Waals surface area contributed by atoms with Crippen LogP contribution in [-0.2, 0) is 16.1 Å². The number of aryl methyl sites for hydroxylation is 1. The van der Waals surface area contributed by atoms with E-state index in [4.69, 9.17) is 14.9 Å². The van der Waals surface area contributed by atoms with Gasteiger partial charge < -0.3 is 24.8 Å². The largest absolute Gasteiger partial charge is 0.491 e. The first-order valence-corrected chi connectivity index (χ1v) is 12.4. The topological polar surface area (TPSA) is 108 Å². The summed E-state index contributed by atoms with van der Waals surface area (Å²) in [4.78, 5) is 20.1. The Morgan fingerprint density at radius 3 is 2.77 bits per heavy atom. The van der Waals surface area contributed by atoms with Crippen LogP contribution in [0.15, 0.2) is 54.0 Å². The highest BCUT2D eigenvalue weighted by Gasteiger charge is 2.37. The monoisotopic (exact) mass is 494 g/mol. The number of methoxy groups -OCH3 is 1. The Hall–Kier alpha value is -3.27. The fraction of sp³-hybridized carbons (Fsp3) is 0.346. The number of amides is 1. The number of β-amino-alcohol motifs (C(OH)–C–C–N with tert-alkyl or cyclic N) is 1. The van der Waals surface area contributed by atoms with Gasteiger partial charge in [0.05, 0.1) is 28.8 Å². The van der Waals surface area contributed by atoms with Crippen LogP contribution in [0.2, 0.25) is 0 Å². The lowest BCUT2D eigenvalue weighted by Crippen LogP contribution is -2.45. The van der Waals surface area contributed by atoms with Crippen molar-refractivity contribution in [1.82, 2.24) is 15.2 Å². The summed E-state index contributed by atoms with van der Waals surface area (Å²) in [7, 11) is 1.61. The maximum atomic E-state index is 13.0. The molecule has 1 aliphatic rings. The lowest BCUT2D eigenvalue weighted by Gasteiger charge is -2.26. The van der Waals surface area contributed by atoms with Crippen LogP contribution in [0.25, 0.3) is 10.4 Å². The number of aromatic nitrogens is 1. The summed E-state index contributed by atoms with van der Waals surface area (Å²) < 4.78 is 10.7. The van der Waals surface area contributed by atoms with Crippen LogP contribution in [0, 0.1) is 12.3 Å². The summed E-state index contributed by atoms with van der Waals surface area (Å²) in [6, 6.07) is 14.6. The van der Waals surface area contributed by atoms with Crippen LogP contribution in [0.4, 0.5) is 0 Å². The van der Waals surface area contributed by atoms with Crippen LogP contribution < -0.4 is 10.1 Å². The van der Waals surface area contributed by atoms with Gasteiger partial charge in [-0.05, 0) is 30.2 Å². The molecule has 35 heavy (non-hydrogen) atoms. The van der Waals surface area contributed by atoms with E-state index >= 15 is 0 Å². The van der Waals surface area contributed by atoms with Crippen LogP contribution in [-0.4, -0.2) is 65.7 Å². The zero-order valence-electron chi connectivity index (χ0n) is 19.9. The molecule has 1 fully saturated rings. The molecule has 0 spiro atoms. The Morgan fingerprint density at radius 2 is 2.06 bits per heavy atom. The Morgan fingerprint density at radius 1 is 1.26 bits per heavy atom. The van der Waals surface area contributed by atoms with Gasteiger partial charge in [-0.1, -0.05) is 36.4 Å². The van der Waals surface area contributed by atoms with E-state index in [0.717, 1.165) is 21.7 Å². The van der Waals surface area contributed by atoms with Crippen molar-refractivity contribution in [2.45, 2.75) is 32.0 Å². The molecule has 2 heterocycles. The van der Waals surface area contributed by atoms with Gasteiger partial charge in [0.1, 0.15) is 24.2 Å².